The Bertz CT molecular complexity index is 977. The van der Waals surface area contributed by atoms with Crippen LogP contribution in [0.25, 0.3) is 5.65 Å². The number of aromatic nitrogens is 2. The fraction of sp³-hybridized carbons (Fsp3) is 0.300. The zero-order chi connectivity index (χ0) is 18.2. The highest BCUT2D eigenvalue weighted by Gasteiger charge is 2.24. The normalized spacial score (nSPS) is 12.2. The highest BCUT2D eigenvalue weighted by atomic mass is 16.1. The molecule has 0 N–H and O–H groups in total. The van der Waals surface area contributed by atoms with Gasteiger partial charge in [0.15, 0.2) is 11.6 Å². The third-order valence-electron chi connectivity index (χ3n) is 4.04. The number of benzene rings is 1. The molecule has 0 aliphatic rings. The van der Waals surface area contributed by atoms with E-state index < -0.39 is 0 Å². The number of carbonyl (C=O) groups excluding carboxylic acids is 1. The van der Waals surface area contributed by atoms with Gasteiger partial charge in [-0.1, -0.05) is 39.0 Å². The van der Waals surface area contributed by atoms with Gasteiger partial charge in [0.05, 0.1) is 11.4 Å². The second-order valence-corrected chi connectivity index (χ2v) is 7.23. The highest BCUT2D eigenvalue weighted by Crippen LogP contribution is 2.33. The number of hydrogen-bond donors (Lipinski definition) is 0. The molecule has 0 amide bonds. The lowest BCUT2D eigenvalue weighted by Gasteiger charge is -2.15. The van der Waals surface area contributed by atoms with Gasteiger partial charge in [-0.3, -0.25) is 9.20 Å². The summed E-state index contributed by atoms with van der Waals surface area (Å²) in [5, 5.41) is 8.84. The summed E-state index contributed by atoms with van der Waals surface area (Å²) in [4.78, 5) is 16.3. The standard InChI is InChI=1S/C20H22N4O/c1-13-8-7-11-24-18(13)21-17(20(3,4)5)19(24)23-22-16-10-6-9-15(12-16)14(2)25/h6-12H,1-5H3. The number of ketones is 1. The van der Waals surface area contributed by atoms with E-state index in [9.17, 15) is 4.79 Å². The van der Waals surface area contributed by atoms with Crippen molar-refractivity contribution in [3.8, 4) is 0 Å². The lowest BCUT2D eigenvalue weighted by Crippen LogP contribution is -2.11. The second-order valence-electron chi connectivity index (χ2n) is 7.23. The van der Waals surface area contributed by atoms with Crippen LogP contribution in [-0.4, -0.2) is 15.2 Å². The number of pyridine rings is 1. The molecule has 3 aromatic rings. The fourth-order valence-corrected chi connectivity index (χ4v) is 2.68. The van der Waals surface area contributed by atoms with Crippen LogP contribution >= 0.6 is 0 Å². The molecule has 0 fully saturated rings. The molecule has 2 heterocycles. The quantitative estimate of drug-likeness (QED) is 0.465. The monoisotopic (exact) mass is 334 g/mol. The van der Waals surface area contributed by atoms with Crippen LogP contribution in [0.15, 0.2) is 52.8 Å². The van der Waals surface area contributed by atoms with Crippen LogP contribution in [0.3, 0.4) is 0 Å². The summed E-state index contributed by atoms with van der Waals surface area (Å²) in [6.07, 6.45) is 1.95. The molecular weight excluding hydrogens is 312 g/mol. The van der Waals surface area contributed by atoms with E-state index in [1.54, 1.807) is 19.1 Å². The lowest BCUT2D eigenvalue weighted by atomic mass is 9.92. The van der Waals surface area contributed by atoms with Crippen molar-refractivity contribution in [2.45, 2.75) is 40.0 Å². The number of Topliss-reactive ketones (excluding diaryl/α,β-unsaturated/α-hetero) is 1. The molecule has 0 saturated heterocycles. The summed E-state index contributed by atoms with van der Waals surface area (Å²) in [5.74, 6) is 0.734. The minimum Gasteiger partial charge on any atom is -0.295 e. The predicted molar refractivity (Wildman–Crippen MR) is 99.3 cm³/mol. The van der Waals surface area contributed by atoms with E-state index in [-0.39, 0.29) is 11.2 Å². The van der Waals surface area contributed by atoms with Crippen LogP contribution in [0.5, 0.6) is 0 Å². The Balaban J connectivity index is 2.13. The Labute approximate surface area is 147 Å². The number of aryl methyl sites for hydroxylation is 1. The van der Waals surface area contributed by atoms with Crippen molar-refractivity contribution in [2.24, 2.45) is 10.2 Å². The van der Waals surface area contributed by atoms with Crippen LogP contribution in [0, 0.1) is 6.92 Å². The van der Waals surface area contributed by atoms with Gasteiger partial charge in [0.1, 0.15) is 5.65 Å². The Kier molecular flexibility index (Phi) is 4.25. The molecule has 128 valence electrons. The summed E-state index contributed by atoms with van der Waals surface area (Å²) in [6, 6.07) is 11.2. The van der Waals surface area contributed by atoms with Crippen LogP contribution in [0.1, 0.15) is 49.3 Å². The predicted octanol–water partition coefficient (Wildman–Crippen LogP) is 5.56. The Morgan fingerprint density at radius 3 is 2.56 bits per heavy atom. The van der Waals surface area contributed by atoms with Crippen molar-refractivity contribution >= 4 is 22.9 Å². The van der Waals surface area contributed by atoms with Gasteiger partial charge in [0, 0.05) is 17.2 Å². The van der Waals surface area contributed by atoms with Gasteiger partial charge in [-0.25, -0.2) is 4.98 Å². The Morgan fingerprint density at radius 2 is 1.88 bits per heavy atom. The zero-order valence-electron chi connectivity index (χ0n) is 15.2. The molecule has 5 nitrogen and oxygen atoms in total. The van der Waals surface area contributed by atoms with Crippen molar-refractivity contribution in [3.05, 3.63) is 59.4 Å². The second kappa shape index (κ2) is 6.24. The smallest absolute Gasteiger partial charge is 0.183 e. The minimum atomic E-state index is -0.159. The maximum atomic E-state index is 11.5. The number of fused-ring (bicyclic) bond motifs is 1. The molecule has 0 bridgehead atoms. The summed E-state index contributed by atoms with van der Waals surface area (Å²) in [7, 11) is 0. The van der Waals surface area contributed by atoms with Crippen LogP contribution in [0.4, 0.5) is 11.5 Å². The summed E-state index contributed by atoms with van der Waals surface area (Å²) in [5.41, 5.74) is 3.99. The number of nitrogens with zero attached hydrogens (tertiary/aromatic N) is 4. The third-order valence-corrected chi connectivity index (χ3v) is 4.04. The highest BCUT2D eigenvalue weighted by molar-refractivity contribution is 5.94. The van der Waals surface area contributed by atoms with Crippen LogP contribution in [0.2, 0.25) is 0 Å². The molecule has 1 aromatic carbocycles. The van der Waals surface area contributed by atoms with Crippen LogP contribution < -0.4 is 0 Å². The number of carbonyl (C=O) groups is 1. The molecule has 0 aliphatic carbocycles. The number of azo groups is 1. The molecule has 0 radical (unpaired) electrons. The average molecular weight is 334 g/mol. The van der Waals surface area contributed by atoms with Crippen LogP contribution in [-0.2, 0) is 5.41 Å². The third kappa shape index (κ3) is 3.36. The summed E-state index contributed by atoms with van der Waals surface area (Å²) >= 11 is 0. The molecular formula is C20H22N4O. The Morgan fingerprint density at radius 1 is 1.12 bits per heavy atom. The molecule has 25 heavy (non-hydrogen) atoms. The number of imidazole rings is 1. The largest absolute Gasteiger partial charge is 0.295 e. The average Bonchev–Trinajstić information content (AvgIpc) is 2.93. The van der Waals surface area contributed by atoms with Gasteiger partial charge in [0.25, 0.3) is 0 Å². The van der Waals surface area contributed by atoms with Crippen molar-refractivity contribution in [3.63, 3.8) is 0 Å². The molecule has 0 atom stereocenters. The van der Waals surface area contributed by atoms with E-state index in [1.165, 1.54) is 0 Å². The van der Waals surface area contributed by atoms with Gasteiger partial charge in [-0.2, -0.15) is 0 Å². The van der Waals surface area contributed by atoms with Crippen molar-refractivity contribution < 1.29 is 4.79 Å². The summed E-state index contributed by atoms with van der Waals surface area (Å²) < 4.78 is 1.97. The maximum absolute atomic E-state index is 11.5. The minimum absolute atomic E-state index is 0.0119. The zero-order valence-corrected chi connectivity index (χ0v) is 15.2. The number of hydrogen-bond acceptors (Lipinski definition) is 4. The number of rotatable bonds is 3. The van der Waals surface area contributed by atoms with Gasteiger partial charge in [-0.15, -0.1) is 10.2 Å². The Hall–Kier alpha value is -2.82. The first-order valence-corrected chi connectivity index (χ1v) is 8.28. The first-order chi connectivity index (χ1) is 11.8. The van der Waals surface area contributed by atoms with Gasteiger partial charge in [0.2, 0.25) is 0 Å². The van der Waals surface area contributed by atoms with Gasteiger partial charge < -0.3 is 0 Å². The van der Waals surface area contributed by atoms with E-state index in [2.05, 4.69) is 31.0 Å². The summed E-state index contributed by atoms with van der Waals surface area (Å²) in [6.45, 7) is 9.91. The molecule has 3 rings (SSSR count). The lowest BCUT2D eigenvalue weighted by molar-refractivity contribution is 0.101. The van der Waals surface area contributed by atoms with E-state index in [4.69, 9.17) is 4.98 Å². The van der Waals surface area contributed by atoms with E-state index in [0.29, 0.717) is 11.3 Å². The molecule has 0 unspecified atom stereocenters. The molecule has 5 heteroatoms. The van der Waals surface area contributed by atoms with E-state index in [0.717, 1.165) is 22.7 Å². The van der Waals surface area contributed by atoms with Gasteiger partial charge >= 0.3 is 0 Å². The van der Waals surface area contributed by atoms with E-state index >= 15 is 0 Å². The molecule has 0 saturated carbocycles. The van der Waals surface area contributed by atoms with Crippen molar-refractivity contribution in [1.29, 1.82) is 0 Å². The first kappa shape index (κ1) is 17.0. The van der Waals surface area contributed by atoms with Crippen molar-refractivity contribution in [2.75, 3.05) is 0 Å². The molecule has 0 aliphatic heterocycles. The van der Waals surface area contributed by atoms with Crippen molar-refractivity contribution in [1.82, 2.24) is 9.38 Å². The maximum Gasteiger partial charge on any atom is 0.183 e. The van der Waals surface area contributed by atoms with Gasteiger partial charge in [-0.05, 0) is 37.6 Å². The van der Waals surface area contributed by atoms with E-state index in [1.807, 2.05) is 41.8 Å². The molecule has 2 aromatic heterocycles. The SMILES string of the molecule is CC(=O)c1cccc(N=Nc2c(C(C)(C)C)nc3c(C)cccn23)c1. The topological polar surface area (TPSA) is 59.1 Å². The fourth-order valence-electron chi connectivity index (χ4n) is 2.68. The molecule has 0 spiro atoms. The first-order valence-electron chi connectivity index (χ1n) is 8.28.